The van der Waals surface area contributed by atoms with Crippen molar-refractivity contribution in [3.8, 4) is 5.75 Å². The van der Waals surface area contributed by atoms with Crippen LogP contribution < -0.4 is 9.64 Å². The molecule has 2 fully saturated rings. The summed E-state index contributed by atoms with van der Waals surface area (Å²) >= 11 is 0. The molecule has 1 aromatic rings. The molecule has 2 saturated heterocycles. The van der Waals surface area contributed by atoms with E-state index in [1.165, 1.54) is 4.31 Å². The van der Waals surface area contributed by atoms with Gasteiger partial charge in [0.1, 0.15) is 16.7 Å². The van der Waals surface area contributed by atoms with Gasteiger partial charge in [-0.15, -0.1) is 0 Å². The second kappa shape index (κ2) is 4.59. The third-order valence-electron chi connectivity index (χ3n) is 4.46. The minimum Gasteiger partial charge on any atom is -0.487 e. The molecular weight excluding hydrogens is 292 g/mol. The van der Waals surface area contributed by atoms with Gasteiger partial charge in [0.05, 0.1) is 18.3 Å². The van der Waals surface area contributed by atoms with Crippen molar-refractivity contribution in [2.75, 3.05) is 31.1 Å². The topological polar surface area (TPSA) is 70.1 Å². The van der Waals surface area contributed by atoms with Crippen LogP contribution in [0.2, 0.25) is 0 Å². The van der Waals surface area contributed by atoms with Gasteiger partial charge in [0, 0.05) is 19.6 Å². The normalized spacial score (nSPS) is 33.4. The summed E-state index contributed by atoms with van der Waals surface area (Å²) in [5.41, 5.74) is 0.650. The maximum atomic E-state index is 12.9. The smallest absolute Gasteiger partial charge is 0.248 e. The van der Waals surface area contributed by atoms with Gasteiger partial charge < -0.3 is 14.7 Å². The molecule has 3 aliphatic rings. The molecule has 0 aromatic heterocycles. The zero-order chi connectivity index (χ0) is 14.6. The zero-order valence-corrected chi connectivity index (χ0v) is 12.4. The molecule has 1 N–H and O–H groups in total. The van der Waals surface area contributed by atoms with Crippen molar-refractivity contribution >= 4 is 15.7 Å². The summed E-state index contributed by atoms with van der Waals surface area (Å²) in [5.74, 6) is 0.445. The number of hydrogen-bond donors (Lipinski definition) is 1. The number of sulfonamides is 1. The van der Waals surface area contributed by atoms with Crippen molar-refractivity contribution in [2.24, 2.45) is 0 Å². The van der Waals surface area contributed by atoms with E-state index in [4.69, 9.17) is 4.74 Å². The van der Waals surface area contributed by atoms with Crippen LogP contribution in [0.3, 0.4) is 0 Å². The largest absolute Gasteiger partial charge is 0.487 e. The lowest BCUT2D eigenvalue weighted by Crippen LogP contribution is -2.30. The number of ether oxygens (including phenoxy) is 1. The number of aliphatic hydroxyl groups excluding tert-OH is 1. The maximum absolute atomic E-state index is 12.9. The Hall–Kier alpha value is -1.31. The first-order chi connectivity index (χ1) is 10.1. The molecule has 3 atom stereocenters. The predicted molar refractivity (Wildman–Crippen MR) is 77.1 cm³/mol. The second-order valence-corrected chi connectivity index (χ2v) is 7.76. The second-order valence-electron chi connectivity index (χ2n) is 5.88. The fourth-order valence-corrected chi connectivity index (χ4v) is 5.19. The minimum atomic E-state index is -3.53. The van der Waals surface area contributed by atoms with Gasteiger partial charge in [-0.25, -0.2) is 8.42 Å². The Kier molecular flexibility index (Phi) is 2.92. The fourth-order valence-electron chi connectivity index (χ4n) is 3.39. The average molecular weight is 310 g/mol. The molecule has 3 heterocycles. The lowest BCUT2D eigenvalue weighted by atomic mass is 10.2. The van der Waals surface area contributed by atoms with Gasteiger partial charge in [-0.1, -0.05) is 6.07 Å². The van der Waals surface area contributed by atoms with Crippen molar-refractivity contribution in [1.29, 1.82) is 0 Å². The van der Waals surface area contributed by atoms with E-state index in [1.807, 2.05) is 11.0 Å². The van der Waals surface area contributed by atoms with Crippen molar-refractivity contribution in [1.82, 2.24) is 4.31 Å². The van der Waals surface area contributed by atoms with Crippen LogP contribution in [0.25, 0.3) is 0 Å². The van der Waals surface area contributed by atoms with Gasteiger partial charge in [0.25, 0.3) is 0 Å². The molecule has 3 aliphatic heterocycles. The van der Waals surface area contributed by atoms with E-state index in [9.17, 15) is 13.5 Å². The Morgan fingerprint density at radius 3 is 2.81 bits per heavy atom. The molecule has 0 amide bonds. The van der Waals surface area contributed by atoms with Crippen molar-refractivity contribution in [2.45, 2.75) is 29.9 Å². The van der Waals surface area contributed by atoms with Crippen LogP contribution in [0.4, 0.5) is 5.69 Å². The number of fused-ring (bicyclic) bond motifs is 3. The van der Waals surface area contributed by atoms with Gasteiger partial charge in [-0.05, 0) is 25.0 Å². The highest BCUT2D eigenvalue weighted by molar-refractivity contribution is 7.89. The molecule has 21 heavy (non-hydrogen) atoms. The summed E-state index contributed by atoms with van der Waals surface area (Å²) < 4.78 is 33.2. The van der Waals surface area contributed by atoms with Gasteiger partial charge in [0.2, 0.25) is 10.0 Å². The predicted octanol–water partition coefficient (Wildman–Crippen LogP) is 0.413. The number of aliphatic hydroxyl groups is 1. The molecule has 2 bridgehead atoms. The molecule has 1 unspecified atom stereocenters. The Labute approximate surface area is 124 Å². The standard InChI is InChI=1S/C14H18N2O4S/c17-10-4-6-15(8-10)12-2-1-3-13-14(12)21(18,19)16-7-5-11(9-16)20-13/h1-3,10-11,17H,4-9H2/t10-,11+/m0/s1. The Balaban J connectivity index is 1.87. The molecule has 0 saturated carbocycles. The van der Waals surface area contributed by atoms with Crippen molar-refractivity contribution < 1.29 is 18.3 Å². The van der Waals surface area contributed by atoms with E-state index >= 15 is 0 Å². The van der Waals surface area contributed by atoms with Crippen LogP contribution in [0.1, 0.15) is 12.8 Å². The van der Waals surface area contributed by atoms with Crippen LogP contribution in [0.5, 0.6) is 5.75 Å². The van der Waals surface area contributed by atoms with E-state index < -0.39 is 16.1 Å². The van der Waals surface area contributed by atoms with E-state index in [0.717, 1.165) is 6.42 Å². The van der Waals surface area contributed by atoms with E-state index in [2.05, 4.69) is 0 Å². The summed E-state index contributed by atoms with van der Waals surface area (Å²) in [6.45, 7) is 2.08. The van der Waals surface area contributed by atoms with E-state index in [-0.39, 0.29) is 11.0 Å². The molecule has 0 aliphatic carbocycles. The molecule has 114 valence electrons. The number of anilines is 1. The first kappa shape index (κ1) is 13.4. The molecule has 6 nitrogen and oxygen atoms in total. The van der Waals surface area contributed by atoms with Crippen molar-refractivity contribution in [3.05, 3.63) is 18.2 Å². The maximum Gasteiger partial charge on any atom is 0.248 e. The first-order valence-electron chi connectivity index (χ1n) is 7.28. The van der Waals surface area contributed by atoms with Crippen LogP contribution in [0.15, 0.2) is 23.1 Å². The molecule has 7 heteroatoms. The van der Waals surface area contributed by atoms with Crippen LogP contribution in [-0.2, 0) is 10.0 Å². The molecular formula is C14H18N2O4S. The number of benzene rings is 1. The van der Waals surface area contributed by atoms with Crippen molar-refractivity contribution in [3.63, 3.8) is 0 Å². The average Bonchev–Trinajstić information content (AvgIpc) is 3.05. The Morgan fingerprint density at radius 2 is 2.05 bits per heavy atom. The number of β-amino-alcohol motifs (C(OH)–C–C–N with tert-alkyl or cyclic N) is 1. The molecule has 1 aromatic carbocycles. The summed E-state index contributed by atoms with van der Waals surface area (Å²) in [4.78, 5) is 2.20. The van der Waals surface area contributed by atoms with Crippen LogP contribution >= 0.6 is 0 Å². The van der Waals surface area contributed by atoms with Gasteiger partial charge in [-0.2, -0.15) is 4.31 Å². The molecule has 0 radical (unpaired) electrons. The minimum absolute atomic E-state index is 0.0551. The highest BCUT2D eigenvalue weighted by atomic mass is 32.2. The van der Waals surface area contributed by atoms with E-state index in [0.29, 0.717) is 44.0 Å². The molecule has 4 rings (SSSR count). The van der Waals surface area contributed by atoms with Gasteiger partial charge in [-0.3, -0.25) is 0 Å². The Morgan fingerprint density at radius 1 is 1.19 bits per heavy atom. The Bertz CT molecular complexity index is 676. The fraction of sp³-hybridized carbons (Fsp3) is 0.571. The quantitative estimate of drug-likeness (QED) is 0.814. The summed E-state index contributed by atoms with van der Waals surface area (Å²) in [6.07, 6.45) is 0.954. The number of nitrogens with zero attached hydrogens (tertiary/aromatic N) is 2. The summed E-state index contributed by atoms with van der Waals surface area (Å²) in [7, 11) is -3.53. The van der Waals surface area contributed by atoms with Crippen LogP contribution in [-0.4, -0.2) is 56.2 Å². The zero-order valence-electron chi connectivity index (χ0n) is 11.6. The lowest BCUT2D eigenvalue weighted by molar-refractivity contribution is 0.198. The third kappa shape index (κ3) is 2.03. The number of rotatable bonds is 1. The SMILES string of the molecule is O=S1(=O)c2c(cccc2N2CC[C@H](O)C2)O[C@@H]2CCN1C2. The summed E-state index contributed by atoms with van der Waals surface area (Å²) in [6, 6.07) is 5.35. The lowest BCUT2D eigenvalue weighted by Gasteiger charge is -2.24. The number of hydrogen-bond acceptors (Lipinski definition) is 5. The highest BCUT2D eigenvalue weighted by Gasteiger charge is 2.41. The molecule has 0 spiro atoms. The highest BCUT2D eigenvalue weighted by Crippen LogP contribution is 2.41. The summed E-state index contributed by atoms with van der Waals surface area (Å²) in [5, 5.41) is 9.72. The van der Waals surface area contributed by atoms with Crippen LogP contribution in [0, 0.1) is 0 Å². The first-order valence-corrected chi connectivity index (χ1v) is 8.72. The van der Waals surface area contributed by atoms with Gasteiger partial charge >= 0.3 is 0 Å². The monoisotopic (exact) mass is 310 g/mol. The third-order valence-corrected chi connectivity index (χ3v) is 6.40. The van der Waals surface area contributed by atoms with Gasteiger partial charge in [0.15, 0.2) is 0 Å². The van der Waals surface area contributed by atoms with E-state index in [1.54, 1.807) is 12.1 Å².